The Hall–Kier alpha value is -1.84. The largest absolute Gasteiger partial charge is 0.383 e. The number of hydrogen-bond donors (Lipinski definition) is 1. The Morgan fingerprint density at radius 3 is 2.88 bits per heavy atom. The molecule has 1 aromatic carbocycles. The number of nitrogen functional groups attached to an aromatic ring is 1. The molecular formula is C13H14FN3. The highest BCUT2D eigenvalue weighted by Crippen LogP contribution is 2.39. The fourth-order valence-electron chi connectivity index (χ4n) is 2.04. The molecule has 2 aromatic rings. The van der Waals surface area contributed by atoms with Crippen molar-refractivity contribution in [2.45, 2.75) is 25.8 Å². The third kappa shape index (κ3) is 1.69. The number of anilines is 1. The maximum atomic E-state index is 13.8. The summed E-state index contributed by atoms with van der Waals surface area (Å²) in [5.41, 5.74) is 8.07. The van der Waals surface area contributed by atoms with Crippen LogP contribution in [0.25, 0.3) is 11.3 Å². The number of rotatable bonds is 2. The van der Waals surface area contributed by atoms with Crippen LogP contribution >= 0.6 is 0 Å². The summed E-state index contributed by atoms with van der Waals surface area (Å²) in [6.45, 7) is 1.93. The van der Waals surface area contributed by atoms with Gasteiger partial charge >= 0.3 is 0 Å². The lowest BCUT2D eigenvalue weighted by atomic mass is 10.1. The predicted octanol–water partition coefficient (Wildman–Crippen LogP) is 2.91. The fraction of sp³-hybridized carbons (Fsp3) is 0.308. The average Bonchev–Trinajstić information content (AvgIpc) is 3.07. The standard InChI is InChI=1S/C13H14FN3/c1-8-2-5-11(14)10(6-8)12-13(15)17(7-16-12)9-3-4-9/h2,5-7,9H,3-4,15H2,1H3. The Balaban J connectivity index is 2.11. The molecule has 3 nitrogen and oxygen atoms in total. The molecule has 88 valence electrons. The second-order valence-corrected chi connectivity index (χ2v) is 4.60. The first-order valence-corrected chi connectivity index (χ1v) is 5.75. The summed E-state index contributed by atoms with van der Waals surface area (Å²) in [7, 11) is 0. The van der Waals surface area contributed by atoms with Gasteiger partial charge in [-0.1, -0.05) is 11.6 Å². The fourth-order valence-corrected chi connectivity index (χ4v) is 2.04. The van der Waals surface area contributed by atoms with E-state index in [0.717, 1.165) is 18.4 Å². The maximum absolute atomic E-state index is 13.8. The Bertz CT molecular complexity index is 570. The zero-order valence-electron chi connectivity index (χ0n) is 9.65. The number of nitrogens with zero attached hydrogens (tertiary/aromatic N) is 2. The summed E-state index contributed by atoms with van der Waals surface area (Å²) in [6.07, 6.45) is 3.98. The van der Waals surface area contributed by atoms with Crippen LogP contribution in [0.3, 0.4) is 0 Å². The molecule has 0 amide bonds. The SMILES string of the molecule is Cc1ccc(F)c(-c2ncn(C3CC3)c2N)c1. The molecule has 1 aromatic heterocycles. The average molecular weight is 231 g/mol. The van der Waals surface area contributed by atoms with Crippen molar-refractivity contribution < 1.29 is 4.39 Å². The van der Waals surface area contributed by atoms with Gasteiger partial charge in [-0.2, -0.15) is 0 Å². The predicted molar refractivity (Wildman–Crippen MR) is 65.0 cm³/mol. The van der Waals surface area contributed by atoms with Gasteiger partial charge in [-0.25, -0.2) is 9.37 Å². The first-order valence-electron chi connectivity index (χ1n) is 5.75. The van der Waals surface area contributed by atoms with Crippen LogP contribution in [0.4, 0.5) is 10.2 Å². The number of halogens is 1. The van der Waals surface area contributed by atoms with Crippen LogP contribution in [-0.4, -0.2) is 9.55 Å². The topological polar surface area (TPSA) is 43.8 Å². The van der Waals surface area contributed by atoms with Gasteiger partial charge in [-0.05, 0) is 31.9 Å². The monoisotopic (exact) mass is 231 g/mol. The molecule has 1 fully saturated rings. The Labute approximate surface area is 99.1 Å². The molecule has 2 N–H and O–H groups in total. The van der Waals surface area contributed by atoms with E-state index in [1.807, 2.05) is 11.5 Å². The first-order chi connectivity index (χ1) is 8.16. The van der Waals surface area contributed by atoms with Crippen molar-refractivity contribution in [2.75, 3.05) is 5.73 Å². The Kier molecular flexibility index (Phi) is 2.18. The number of nitrogens with two attached hydrogens (primary N) is 1. The van der Waals surface area contributed by atoms with Crippen molar-refractivity contribution in [3.63, 3.8) is 0 Å². The minimum Gasteiger partial charge on any atom is -0.383 e. The van der Waals surface area contributed by atoms with Gasteiger partial charge in [-0.3, -0.25) is 0 Å². The number of imidazole rings is 1. The van der Waals surface area contributed by atoms with E-state index in [1.165, 1.54) is 6.07 Å². The van der Waals surface area contributed by atoms with Crippen LogP contribution in [0.1, 0.15) is 24.4 Å². The summed E-state index contributed by atoms with van der Waals surface area (Å²) >= 11 is 0. The zero-order valence-corrected chi connectivity index (χ0v) is 9.65. The zero-order chi connectivity index (χ0) is 12.0. The highest BCUT2D eigenvalue weighted by atomic mass is 19.1. The van der Waals surface area contributed by atoms with Crippen LogP contribution in [0.2, 0.25) is 0 Å². The Morgan fingerprint density at radius 1 is 1.41 bits per heavy atom. The minimum atomic E-state index is -0.275. The quantitative estimate of drug-likeness (QED) is 0.863. The molecule has 1 aliphatic carbocycles. The second-order valence-electron chi connectivity index (χ2n) is 4.60. The third-order valence-electron chi connectivity index (χ3n) is 3.15. The normalized spacial score (nSPS) is 15.2. The van der Waals surface area contributed by atoms with Gasteiger partial charge in [0.05, 0.1) is 6.33 Å². The molecule has 0 atom stereocenters. The van der Waals surface area contributed by atoms with Gasteiger partial charge in [0.1, 0.15) is 17.3 Å². The summed E-state index contributed by atoms with van der Waals surface area (Å²) in [5, 5.41) is 0. The van der Waals surface area contributed by atoms with Gasteiger partial charge in [-0.15, -0.1) is 0 Å². The summed E-state index contributed by atoms with van der Waals surface area (Å²) in [6, 6.07) is 5.45. The van der Waals surface area contributed by atoms with Crippen LogP contribution in [0.15, 0.2) is 24.5 Å². The first kappa shape index (κ1) is 10.3. The number of aryl methyl sites for hydroxylation is 1. The molecule has 3 rings (SSSR count). The third-order valence-corrected chi connectivity index (χ3v) is 3.15. The molecule has 0 saturated heterocycles. The molecule has 1 heterocycles. The minimum absolute atomic E-state index is 0.275. The van der Waals surface area contributed by atoms with Gasteiger partial charge in [0.25, 0.3) is 0 Å². The van der Waals surface area contributed by atoms with Crippen molar-refractivity contribution in [2.24, 2.45) is 0 Å². The van der Waals surface area contributed by atoms with Crippen LogP contribution in [-0.2, 0) is 0 Å². The molecule has 17 heavy (non-hydrogen) atoms. The van der Waals surface area contributed by atoms with E-state index in [2.05, 4.69) is 4.98 Å². The molecule has 0 radical (unpaired) electrons. The van der Waals surface area contributed by atoms with Crippen molar-refractivity contribution in [3.05, 3.63) is 35.9 Å². The summed E-state index contributed by atoms with van der Waals surface area (Å²) in [4.78, 5) is 4.25. The van der Waals surface area contributed by atoms with Crippen molar-refractivity contribution in [1.82, 2.24) is 9.55 Å². The molecule has 0 bridgehead atoms. The van der Waals surface area contributed by atoms with E-state index < -0.39 is 0 Å². The van der Waals surface area contributed by atoms with Crippen LogP contribution in [0, 0.1) is 12.7 Å². The van der Waals surface area contributed by atoms with E-state index in [1.54, 1.807) is 18.5 Å². The van der Waals surface area contributed by atoms with E-state index in [0.29, 0.717) is 23.1 Å². The molecule has 0 spiro atoms. The molecule has 1 saturated carbocycles. The van der Waals surface area contributed by atoms with Crippen molar-refractivity contribution in [1.29, 1.82) is 0 Å². The highest BCUT2D eigenvalue weighted by molar-refractivity contribution is 5.71. The lowest BCUT2D eigenvalue weighted by Gasteiger charge is -2.05. The number of aromatic nitrogens is 2. The lowest BCUT2D eigenvalue weighted by Crippen LogP contribution is -2.00. The van der Waals surface area contributed by atoms with E-state index >= 15 is 0 Å². The van der Waals surface area contributed by atoms with Crippen molar-refractivity contribution in [3.8, 4) is 11.3 Å². The Morgan fingerprint density at radius 2 is 2.18 bits per heavy atom. The highest BCUT2D eigenvalue weighted by Gasteiger charge is 2.27. The van der Waals surface area contributed by atoms with Gasteiger partial charge in [0.15, 0.2) is 0 Å². The van der Waals surface area contributed by atoms with Crippen LogP contribution in [0.5, 0.6) is 0 Å². The number of hydrogen-bond acceptors (Lipinski definition) is 2. The van der Waals surface area contributed by atoms with Gasteiger partial charge in [0.2, 0.25) is 0 Å². The number of benzene rings is 1. The maximum Gasteiger partial charge on any atom is 0.132 e. The molecule has 0 unspecified atom stereocenters. The van der Waals surface area contributed by atoms with Gasteiger partial charge in [0, 0.05) is 11.6 Å². The molecule has 1 aliphatic rings. The molecule has 0 aliphatic heterocycles. The summed E-state index contributed by atoms with van der Waals surface area (Å²) < 4.78 is 15.7. The smallest absolute Gasteiger partial charge is 0.132 e. The second kappa shape index (κ2) is 3.58. The lowest BCUT2D eigenvalue weighted by molar-refractivity contribution is 0.630. The van der Waals surface area contributed by atoms with E-state index in [4.69, 9.17) is 5.73 Å². The van der Waals surface area contributed by atoms with E-state index in [-0.39, 0.29) is 5.82 Å². The molecule has 4 heteroatoms. The van der Waals surface area contributed by atoms with Crippen molar-refractivity contribution >= 4 is 5.82 Å². The molecular weight excluding hydrogens is 217 g/mol. The summed E-state index contributed by atoms with van der Waals surface area (Å²) in [5.74, 6) is 0.292. The van der Waals surface area contributed by atoms with E-state index in [9.17, 15) is 4.39 Å². The van der Waals surface area contributed by atoms with Gasteiger partial charge < -0.3 is 10.3 Å². The van der Waals surface area contributed by atoms with Crippen LogP contribution < -0.4 is 5.73 Å².